The lowest BCUT2D eigenvalue weighted by molar-refractivity contribution is -0.127. The maximum absolute atomic E-state index is 13.7. The number of carbonyl (C=O) groups is 1. The Hall–Kier alpha value is -2.96. The fourth-order valence-electron chi connectivity index (χ4n) is 4.37. The zero-order valence-corrected chi connectivity index (χ0v) is 22.3. The molecule has 0 aliphatic carbocycles. The summed E-state index contributed by atoms with van der Waals surface area (Å²) in [5.41, 5.74) is 4.04. The van der Waals surface area contributed by atoms with Crippen molar-refractivity contribution in [2.45, 2.75) is 46.6 Å². The highest BCUT2D eigenvalue weighted by atomic mass is 35.5. The second kappa shape index (κ2) is 10.3. The quantitative estimate of drug-likeness (QED) is 0.477. The molecule has 0 radical (unpaired) electrons. The van der Waals surface area contributed by atoms with E-state index in [4.69, 9.17) is 16.6 Å². The van der Waals surface area contributed by atoms with E-state index in [-0.39, 0.29) is 11.5 Å². The molecule has 7 heteroatoms. The van der Waals surface area contributed by atoms with Crippen molar-refractivity contribution in [1.82, 2.24) is 9.47 Å². The predicted octanol–water partition coefficient (Wildman–Crippen LogP) is 4.88. The first-order chi connectivity index (χ1) is 16.7. The van der Waals surface area contributed by atoms with Crippen molar-refractivity contribution < 1.29 is 4.79 Å². The summed E-state index contributed by atoms with van der Waals surface area (Å²) in [6.45, 7) is 11.2. The molecule has 1 amide bonds. The number of hydrogen-bond donors (Lipinski definition) is 0. The first-order valence-electron chi connectivity index (χ1n) is 11.9. The molecule has 0 saturated heterocycles. The summed E-state index contributed by atoms with van der Waals surface area (Å²) in [4.78, 5) is 34.4. The lowest BCUT2D eigenvalue weighted by Crippen LogP contribution is -2.43. The fourth-order valence-corrected chi connectivity index (χ4v) is 5.54. The van der Waals surface area contributed by atoms with Gasteiger partial charge in [0.15, 0.2) is 4.80 Å². The Bertz CT molecular complexity index is 1440. The number of rotatable bonds is 6. The van der Waals surface area contributed by atoms with Gasteiger partial charge in [-0.25, -0.2) is 4.99 Å². The summed E-state index contributed by atoms with van der Waals surface area (Å²) < 4.78 is 2.25. The molecule has 4 rings (SSSR count). The van der Waals surface area contributed by atoms with Gasteiger partial charge in [-0.05, 0) is 61.6 Å². The van der Waals surface area contributed by atoms with Crippen LogP contribution in [0.25, 0.3) is 6.08 Å². The molecule has 182 valence electrons. The van der Waals surface area contributed by atoms with Crippen LogP contribution in [0.3, 0.4) is 0 Å². The van der Waals surface area contributed by atoms with Gasteiger partial charge < -0.3 is 4.90 Å². The smallest absolute Gasteiger partial charge is 0.271 e. The van der Waals surface area contributed by atoms with Crippen molar-refractivity contribution in [2.24, 2.45) is 4.99 Å². The largest absolute Gasteiger partial charge is 0.339 e. The highest BCUT2D eigenvalue weighted by Gasteiger charge is 2.34. The summed E-state index contributed by atoms with van der Waals surface area (Å²) >= 11 is 7.50. The van der Waals surface area contributed by atoms with Crippen LogP contribution in [-0.4, -0.2) is 28.5 Å². The molecule has 0 unspecified atom stereocenters. The molecule has 0 saturated carbocycles. The summed E-state index contributed by atoms with van der Waals surface area (Å²) in [5.74, 6) is 0.341. The average Bonchev–Trinajstić information content (AvgIpc) is 3.14. The van der Waals surface area contributed by atoms with Crippen molar-refractivity contribution >= 4 is 34.9 Å². The van der Waals surface area contributed by atoms with Crippen LogP contribution < -0.4 is 14.9 Å². The number of halogens is 1. The molecule has 1 aliphatic heterocycles. The monoisotopic (exact) mass is 507 g/mol. The van der Waals surface area contributed by atoms with Crippen molar-refractivity contribution in [1.29, 1.82) is 0 Å². The van der Waals surface area contributed by atoms with Gasteiger partial charge in [0.2, 0.25) is 0 Å². The molecule has 0 fully saturated rings. The molecule has 2 heterocycles. The van der Waals surface area contributed by atoms with E-state index in [1.165, 1.54) is 16.9 Å². The van der Waals surface area contributed by atoms with Crippen LogP contribution >= 0.6 is 22.9 Å². The Balaban J connectivity index is 1.91. The lowest BCUT2D eigenvalue weighted by atomic mass is 9.94. The maximum atomic E-state index is 13.7. The minimum Gasteiger partial charge on any atom is -0.339 e. The normalized spacial score (nSPS) is 15.9. The van der Waals surface area contributed by atoms with E-state index in [9.17, 15) is 9.59 Å². The molecule has 1 aliphatic rings. The second-order valence-corrected chi connectivity index (χ2v) is 10.4. The maximum Gasteiger partial charge on any atom is 0.271 e. The Morgan fingerprint density at radius 1 is 1.11 bits per heavy atom. The van der Waals surface area contributed by atoms with Gasteiger partial charge in [0.05, 0.1) is 21.8 Å². The number of nitrogens with zero attached hydrogens (tertiary/aromatic N) is 3. The van der Waals surface area contributed by atoms with E-state index in [1.807, 2.05) is 51.1 Å². The molecule has 5 nitrogen and oxygen atoms in total. The summed E-state index contributed by atoms with van der Waals surface area (Å²) in [6, 6.07) is 15.0. The van der Waals surface area contributed by atoms with Gasteiger partial charge in [-0.3, -0.25) is 14.2 Å². The molecule has 2 aromatic carbocycles. The van der Waals surface area contributed by atoms with Crippen LogP contribution in [-0.2, 0) is 4.79 Å². The summed E-state index contributed by atoms with van der Waals surface area (Å²) in [5, 5.41) is 0.600. The van der Waals surface area contributed by atoms with Crippen molar-refractivity contribution in [3.8, 4) is 0 Å². The topological polar surface area (TPSA) is 54.7 Å². The highest BCUT2D eigenvalue weighted by Crippen LogP contribution is 2.31. The fraction of sp³-hybridized carbons (Fsp3) is 0.321. The van der Waals surface area contributed by atoms with Gasteiger partial charge in [-0.2, -0.15) is 0 Å². The van der Waals surface area contributed by atoms with Crippen LogP contribution in [0.1, 0.15) is 63.3 Å². The zero-order chi connectivity index (χ0) is 25.3. The molecule has 0 spiro atoms. The van der Waals surface area contributed by atoms with Gasteiger partial charge in [0, 0.05) is 18.1 Å². The first-order valence-corrected chi connectivity index (χ1v) is 13.1. The summed E-state index contributed by atoms with van der Waals surface area (Å²) in [6.07, 6.45) is 1.90. The molecule has 0 N–H and O–H groups in total. The number of amides is 1. The number of carbonyl (C=O) groups excluding carboxylic acids is 1. The second-order valence-electron chi connectivity index (χ2n) is 8.93. The third-order valence-corrected chi connectivity index (χ3v) is 7.62. The highest BCUT2D eigenvalue weighted by molar-refractivity contribution is 7.07. The number of hydrogen-bond acceptors (Lipinski definition) is 4. The number of thiazole rings is 1. The van der Waals surface area contributed by atoms with Crippen LogP contribution in [0, 0.1) is 0 Å². The third kappa shape index (κ3) is 4.91. The van der Waals surface area contributed by atoms with Gasteiger partial charge in [0.1, 0.15) is 0 Å². The van der Waals surface area contributed by atoms with Gasteiger partial charge in [-0.1, -0.05) is 73.2 Å². The number of likely N-dealkylation sites (N-methyl/N-ethyl adjacent to an activating group) is 1. The number of aromatic nitrogens is 1. The molecule has 1 atom stereocenters. The Morgan fingerprint density at radius 3 is 2.31 bits per heavy atom. The van der Waals surface area contributed by atoms with Crippen molar-refractivity contribution in [2.75, 3.05) is 13.1 Å². The molecule has 0 bridgehead atoms. The number of fused-ring (bicyclic) bond motifs is 1. The van der Waals surface area contributed by atoms with E-state index >= 15 is 0 Å². The Kier molecular flexibility index (Phi) is 7.43. The SMILES string of the molecule is CCN(CC)C(=O)C1=C(C)N=c2s/c(=C/c3ccc(C(C)C)cc3)c(=O)n2[C@@H]1c1ccc(Cl)cc1. The van der Waals surface area contributed by atoms with Crippen LogP contribution in [0.2, 0.25) is 5.02 Å². The van der Waals surface area contributed by atoms with Gasteiger partial charge >= 0.3 is 0 Å². The molecule has 3 aromatic rings. The van der Waals surface area contributed by atoms with E-state index in [1.54, 1.807) is 21.6 Å². The molecule has 35 heavy (non-hydrogen) atoms. The van der Waals surface area contributed by atoms with Crippen LogP contribution in [0.4, 0.5) is 0 Å². The molecular formula is C28H30ClN3O2S. The number of allylic oxidation sites excluding steroid dienone is 1. The zero-order valence-electron chi connectivity index (χ0n) is 20.7. The standard InChI is InChI=1S/C28H30ClN3O2S/c1-6-31(7-2)27(34)24-18(5)30-28-32(25(24)21-12-14-22(29)15-13-21)26(33)23(35-28)16-19-8-10-20(11-9-19)17(3)4/h8-17,25H,6-7H2,1-5H3/b23-16+/t25-/m1/s1. The lowest BCUT2D eigenvalue weighted by Gasteiger charge is -2.29. The third-order valence-electron chi connectivity index (χ3n) is 6.39. The van der Waals surface area contributed by atoms with Crippen LogP contribution in [0.15, 0.2) is 69.6 Å². The van der Waals surface area contributed by atoms with E-state index < -0.39 is 6.04 Å². The predicted molar refractivity (Wildman–Crippen MR) is 144 cm³/mol. The number of benzene rings is 2. The minimum absolute atomic E-state index is 0.102. The van der Waals surface area contributed by atoms with Crippen LogP contribution in [0.5, 0.6) is 0 Å². The van der Waals surface area contributed by atoms with Crippen molar-refractivity contribution in [3.63, 3.8) is 0 Å². The van der Waals surface area contributed by atoms with E-state index in [2.05, 4.69) is 26.0 Å². The van der Waals surface area contributed by atoms with E-state index in [0.29, 0.717) is 44.6 Å². The summed E-state index contributed by atoms with van der Waals surface area (Å²) in [7, 11) is 0. The first kappa shape index (κ1) is 25.1. The Labute approximate surface area is 214 Å². The van der Waals surface area contributed by atoms with Gasteiger partial charge in [0.25, 0.3) is 11.5 Å². The Morgan fingerprint density at radius 2 is 1.74 bits per heavy atom. The van der Waals surface area contributed by atoms with E-state index in [0.717, 1.165) is 11.1 Å². The van der Waals surface area contributed by atoms with Gasteiger partial charge in [-0.15, -0.1) is 0 Å². The molecular weight excluding hydrogens is 478 g/mol. The minimum atomic E-state index is -0.568. The molecule has 1 aromatic heterocycles. The van der Waals surface area contributed by atoms with Crippen molar-refractivity contribution in [3.05, 3.63) is 101 Å². The average molecular weight is 508 g/mol.